The van der Waals surface area contributed by atoms with Gasteiger partial charge in [-0.1, -0.05) is 0 Å². The Morgan fingerprint density at radius 2 is 1.77 bits per heavy atom. The van der Waals surface area contributed by atoms with Crippen LogP contribution in [0, 0.1) is 0 Å². The van der Waals surface area contributed by atoms with Crippen LogP contribution in [0.25, 0.3) is 16.8 Å². The van der Waals surface area contributed by atoms with E-state index in [4.69, 9.17) is 4.74 Å². The number of benzene rings is 1. The van der Waals surface area contributed by atoms with Gasteiger partial charge in [-0.05, 0) is 80.0 Å². The highest BCUT2D eigenvalue weighted by atomic mass is 16.5. The second kappa shape index (κ2) is 8.51. The van der Waals surface area contributed by atoms with E-state index < -0.39 is 0 Å². The van der Waals surface area contributed by atoms with Crippen LogP contribution < -0.4 is 10.1 Å². The molecule has 7 nitrogen and oxygen atoms in total. The number of aromatic nitrogens is 4. The number of anilines is 2. The van der Waals surface area contributed by atoms with Crippen LogP contribution in [0.4, 0.5) is 11.6 Å². The number of rotatable bonds is 7. The van der Waals surface area contributed by atoms with Crippen molar-refractivity contribution < 1.29 is 4.74 Å². The minimum absolute atomic E-state index is 0.555. The Bertz CT molecular complexity index is 1100. The smallest absolute Gasteiger partial charge is 0.247 e. The number of fused-ring (bicyclic) bond motifs is 1. The number of likely N-dealkylation sites (tertiary alicyclic amines) is 1. The van der Waals surface area contributed by atoms with E-state index in [1.165, 1.54) is 25.9 Å². The molecule has 1 aromatic carbocycles. The van der Waals surface area contributed by atoms with Crippen molar-refractivity contribution in [1.82, 2.24) is 24.5 Å². The summed E-state index contributed by atoms with van der Waals surface area (Å²) in [4.78, 5) is 11.2. The van der Waals surface area contributed by atoms with Gasteiger partial charge in [0, 0.05) is 36.4 Å². The number of nitrogens with one attached hydrogen (secondary N) is 1. The molecule has 0 unspecified atom stereocenters. The quantitative estimate of drug-likeness (QED) is 0.506. The van der Waals surface area contributed by atoms with E-state index in [0.29, 0.717) is 5.95 Å². The average molecular weight is 400 g/mol. The van der Waals surface area contributed by atoms with Gasteiger partial charge >= 0.3 is 0 Å². The lowest BCUT2D eigenvalue weighted by Crippen LogP contribution is -2.25. The maximum Gasteiger partial charge on any atom is 0.247 e. The zero-order valence-electron chi connectivity index (χ0n) is 16.7. The van der Waals surface area contributed by atoms with Gasteiger partial charge in [0.1, 0.15) is 12.4 Å². The zero-order valence-corrected chi connectivity index (χ0v) is 16.7. The van der Waals surface area contributed by atoms with E-state index in [1.54, 1.807) is 16.9 Å². The van der Waals surface area contributed by atoms with E-state index in [9.17, 15) is 0 Å². The topological polar surface area (TPSA) is 67.6 Å². The third-order valence-electron chi connectivity index (χ3n) is 5.34. The second-order valence-corrected chi connectivity index (χ2v) is 7.41. The summed E-state index contributed by atoms with van der Waals surface area (Å²) in [5.74, 6) is 1.43. The fourth-order valence-corrected chi connectivity index (χ4v) is 3.78. The minimum atomic E-state index is 0.555. The first kappa shape index (κ1) is 18.6. The molecule has 0 spiro atoms. The molecule has 0 radical (unpaired) electrons. The Labute approximate surface area is 175 Å². The molecule has 1 fully saturated rings. The van der Waals surface area contributed by atoms with Gasteiger partial charge in [-0.2, -0.15) is 4.98 Å². The predicted molar refractivity (Wildman–Crippen MR) is 117 cm³/mol. The molecule has 5 rings (SSSR count). The van der Waals surface area contributed by atoms with Gasteiger partial charge in [0.15, 0.2) is 5.65 Å². The van der Waals surface area contributed by atoms with Crippen molar-refractivity contribution in [2.75, 3.05) is 31.6 Å². The van der Waals surface area contributed by atoms with E-state index in [0.717, 1.165) is 41.4 Å². The molecular weight excluding hydrogens is 376 g/mol. The molecule has 0 bridgehead atoms. The van der Waals surface area contributed by atoms with Crippen molar-refractivity contribution in [3.05, 3.63) is 67.1 Å². The Balaban J connectivity index is 1.26. The molecule has 152 valence electrons. The summed E-state index contributed by atoms with van der Waals surface area (Å²) in [6, 6.07) is 15.9. The van der Waals surface area contributed by atoms with Gasteiger partial charge in [0.2, 0.25) is 5.95 Å². The second-order valence-electron chi connectivity index (χ2n) is 7.41. The van der Waals surface area contributed by atoms with Crippen LogP contribution in [0.15, 0.2) is 67.1 Å². The SMILES string of the molecule is c1cc(-c2ccncc2)c2nc(Nc3ccc(OCCN4CCCC4)cc3)nn2c1. The number of nitrogens with zero attached hydrogens (tertiary/aromatic N) is 5. The summed E-state index contributed by atoms with van der Waals surface area (Å²) >= 11 is 0. The summed E-state index contributed by atoms with van der Waals surface area (Å²) in [7, 11) is 0. The summed E-state index contributed by atoms with van der Waals surface area (Å²) in [5, 5.41) is 7.83. The van der Waals surface area contributed by atoms with E-state index in [2.05, 4.69) is 25.3 Å². The highest BCUT2D eigenvalue weighted by molar-refractivity contribution is 5.77. The maximum atomic E-state index is 5.88. The zero-order chi connectivity index (χ0) is 20.2. The fraction of sp³-hybridized carbons (Fsp3) is 0.261. The maximum absolute atomic E-state index is 5.88. The molecule has 0 atom stereocenters. The summed E-state index contributed by atoms with van der Waals surface area (Å²) in [5.41, 5.74) is 3.79. The Kier molecular flexibility index (Phi) is 5.26. The fourth-order valence-electron chi connectivity index (χ4n) is 3.78. The molecular formula is C23H24N6O. The lowest BCUT2D eigenvalue weighted by molar-refractivity contribution is 0.238. The van der Waals surface area contributed by atoms with Gasteiger partial charge in [-0.15, -0.1) is 5.10 Å². The molecule has 0 saturated carbocycles. The molecule has 1 saturated heterocycles. The molecule has 4 heterocycles. The minimum Gasteiger partial charge on any atom is -0.492 e. The van der Waals surface area contributed by atoms with Crippen LogP contribution in [0.5, 0.6) is 5.75 Å². The standard InChI is InChI=1S/C23H24N6O/c1-2-14-28(13-1)16-17-30-20-7-5-19(6-8-20)25-23-26-22-21(4-3-15-29(22)27-23)18-9-11-24-12-10-18/h3-12,15H,1-2,13-14,16-17H2,(H,25,27). The molecule has 0 amide bonds. The molecule has 1 aliphatic rings. The molecule has 4 aromatic rings. The van der Waals surface area contributed by atoms with Crippen LogP contribution in [-0.2, 0) is 0 Å². The van der Waals surface area contributed by atoms with Gasteiger partial charge in [0.25, 0.3) is 0 Å². The molecule has 1 N–H and O–H groups in total. The van der Waals surface area contributed by atoms with Gasteiger partial charge in [0.05, 0.1) is 0 Å². The van der Waals surface area contributed by atoms with E-state index in [1.807, 2.05) is 54.7 Å². The Morgan fingerprint density at radius 1 is 0.967 bits per heavy atom. The molecule has 30 heavy (non-hydrogen) atoms. The predicted octanol–water partition coefficient (Wildman–Crippen LogP) is 4.01. The van der Waals surface area contributed by atoms with Crippen molar-refractivity contribution in [1.29, 1.82) is 0 Å². The van der Waals surface area contributed by atoms with Crippen molar-refractivity contribution in [2.45, 2.75) is 12.8 Å². The number of ether oxygens (including phenoxy) is 1. The highest BCUT2D eigenvalue weighted by Gasteiger charge is 2.11. The van der Waals surface area contributed by atoms with Crippen molar-refractivity contribution in [3.8, 4) is 16.9 Å². The molecule has 7 heteroatoms. The van der Waals surface area contributed by atoms with E-state index >= 15 is 0 Å². The highest BCUT2D eigenvalue weighted by Crippen LogP contribution is 2.25. The van der Waals surface area contributed by atoms with Crippen LogP contribution in [0.2, 0.25) is 0 Å². The first-order chi connectivity index (χ1) is 14.8. The third-order valence-corrected chi connectivity index (χ3v) is 5.34. The lowest BCUT2D eigenvalue weighted by atomic mass is 10.1. The van der Waals surface area contributed by atoms with Crippen LogP contribution in [-0.4, -0.2) is 50.7 Å². The van der Waals surface area contributed by atoms with E-state index in [-0.39, 0.29) is 0 Å². The molecule has 0 aliphatic carbocycles. The third kappa shape index (κ3) is 4.11. The van der Waals surface area contributed by atoms with Gasteiger partial charge in [-0.25, -0.2) is 4.52 Å². The van der Waals surface area contributed by atoms with Crippen molar-refractivity contribution in [2.24, 2.45) is 0 Å². The van der Waals surface area contributed by atoms with Crippen molar-refractivity contribution in [3.63, 3.8) is 0 Å². The first-order valence-electron chi connectivity index (χ1n) is 10.3. The number of hydrogen-bond donors (Lipinski definition) is 1. The summed E-state index contributed by atoms with van der Waals surface area (Å²) in [6.45, 7) is 4.10. The summed E-state index contributed by atoms with van der Waals surface area (Å²) in [6.07, 6.45) is 8.07. The van der Waals surface area contributed by atoms with Crippen LogP contribution in [0.3, 0.4) is 0 Å². The average Bonchev–Trinajstić information content (AvgIpc) is 3.45. The van der Waals surface area contributed by atoms with Gasteiger partial charge in [-0.3, -0.25) is 9.88 Å². The molecule has 3 aromatic heterocycles. The van der Waals surface area contributed by atoms with Crippen LogP contribution >= 0.6 is 0 Å². The largest absolute Gasteiger partial charge is 0.492 e. The molecule has 1 aliphatic heterocycles. The number of pyridine rings is 2. The normalized spacial score (nSPS) is 14.3. The summed E-state index contributed by atoms with van der Waals surface area (Å²) < 4.78 is 7.66. The Morgan fingerprint density at radius 3 is 2.57 bits per heavy atom. The van der Waals surface area contributed by atoms with Gasteiger partial charge < -0.3 is 10.1 Å². The Hall–Kier alpha value is -3.45. The number of hydrogen-bond acceptors (Lipinski definition) is 6. The van der Waals surface area contributed by atoms with Crippen molar-refractivity contribution >= 4 is 17.3 Å². The van der Waals surface area contributed by atoms with Crippen LogP contribution in [0.1, 0.15) is 12.8 Å². The monoisotopic (exact) mass is 400 g/mol. The first-order valence-corrected chi connectivity index (χ1v) is 10.3. The lowest BCUT2D eigenvalue weighted by Gasteiger charge is -2.15.